The van der Waals surface area contributed by atoms with Crippen molar-refractivity contribution < 1.29 is 0 Å². The van der Waals surface area contributed by atoms with Gasteiger partial charge in [-0.3, -0.25) is 0 Å². The van der Waals surface area contributed by atoms with E-state index in [1.165, 1.54) is 0 Å². The standard InChI is InChI=1S/2C16H17N3S.C4H8/c2*1-17-10-4-6-12-14(8-10)18-15-9-11(19(2)3)5-7-13(15)16(12)20;1-3-4-2/h2*4-9,17H,1-3H3,(H,18,20);3H,1,4H2,2H3. The van der Waals surface area contributed by atoms with Crippen molar-refractivity contribution in [1.82, 2.24) is 9.97 Å². The lowest BCUT2D eigenvalue weighted by atomic mass is 10.1. The van der Waals surface area contributed by atoms with E-state index in [-0.39, 0.29) is 0 Å². The number of aromatic amines is 2. The maximum absolute atomic E-state index is 5.63. The van der Waals surface area contributed by atoms with Crippen molar-refractivity contribution >= 4 is 90.8 Å². The van der Waals surface area contributed by atoms with Gasteiger partial charge in [-0.25, -0.2) is 0 Å². The van der Waals surface area contributed by atoms with Gasteiger partial charge in [0.25, 0.3) is 0 Å². The van der Waals surface area contributed by atoms with Gasteiger partial charge in [-0.05, 0) is 79.2 Å². The Labute approximate surface area is 270 Å². The molecule has 0 radical (unpaired) electrons. The van der Waals surface area contributed by atoms with E-state index in [1.54, 1.807) is 0 Å². The Balaban J connectivity index is 0.000000179. The average molecular weight is 623 g/mol. The fraction of sp³-hybridized carbons (Fsp3) is 0.222. The quantitative estimate of drug-likeness (QED) is 0.0872. The van der Waals surface area contributed by atoms with E-state index >= 15 is 0 Å². The summed E-state index contributed by atoms with van der Waals surface area (Å²) in [5, 5.41) is 10.7. The molecule has 0 aliphatic carbocycles. The van der Waals surface area contributed by atoms with Crippen LogP contribution in [-0.2, 0) is 0 Å². The molecule has 6 rings (SSSR count). The normalized spacial score (nSPS) is 10.5. The van der Waals surface area contributed by atoms with Gasteiger partial charge in [0.15, 0.2) is 0 Å². The smallest absolute Gasteiger partial charge is 0.0563 e. The van der Waals surface area contributed by atoms with E-state index in [2.05, 4.69) is 105 Å². The van der Waals surface area contributed by atoms with Gasteiger partial charge in [0.1, 0.15) is 0 Å². The highest BCUT2D eigenvalue weighted by molar-refractivity contribution is 7.72. The number of fused-ring (bicyclic) bond motifs is 4. The number of hydrogen-bond acceptors (Lipinski definition) is 6. The molecule has 0 saturated carbocycles. The van der Waals surface area contributed by atoms with E-state index in [9.17, 15) is 0 Å². The number of H-pyrrole nitrogens is 2. The van der Waals surface area contributed by atoms with E-state index in [0.717, 1.165) is 81.8 Å². The Morgan fingerprint density at radius 2 is 0.932 bits per heavy atom. The molecule has 0 fully saturated rings. The maximum atomic E-state index is 5.63. The van der Waals surface area contributed by atoms with Gasteiger partial charge in [0.05, 0.1) is 9.02 Å². The first-order chi connectivity index (χ1) is 21.1. The van der Waals surface area contributed by atoms with Crippen molar-refractivity contribution in [1.29, 1.82) is 0 Å². The molecular formula is C36H42N6S2. The minimum atomic E-state index is 0.904. The third-order valence-electron chi connectivity index (χ3n) is 7.46. The Morgan fingerprint density at radius 1 is 0.614 bits per heavy atom. The Morgan fingerprint density at radius 3 is 1.23 bits per heavy atom. The molecule has 4 N–H and O–H groups in total. The summed E-state index contributed by atoms with van der Waals surface area (Å²) in [6.07, 6.45) is 2.96. The number of nitrogens with zero attached hydrogens (tertiary/aromatic N) is 2. The van der Waals surface area contributed by atoms with Crippen LogP contribution in [0.15, 0.2) is 85.5 Å². The van der Waals surface area contributed by atoms with Crippen molar-refractivity contribution in [2.45, 2.75) is 13.3 Å². The van der Waals surface area contributed by atoms with E-state index in [0.29, 0.717) is 0 Å². The highest BCUT2D eigenvalue weighted by atomic mass is 32.1. The molecule has 228 valence electrons. The highest BCUT2D eigenvalue weighted by Crippen LogP contribution is 2.28. The number of allylic oxidation sites excluding steroid dienone is 1. The highest BCUT2D eigenvalue weighted by Gasteiger charge is 2.06. The Kier molecular flexibility index (Phi) is 10.6. The Bertz CT molecular complexity index is 1910. The monoisotopic (exact) mass is 622 g/mol. The lowest BCUT2D eigenvalue weighted by Gasteiger charge is -2.14. The molecule has 0 aliphatic heterocycles. The number of pyridine rings is 2. The lowest BCUT2D eigenvalue weighted by Crippen LogP contribution is -2.08. The van der Waals surface area contributed by atoms with Crippen LogP contribution in [0.2, 0.25) is 0 Å². The van der Waals surface area contributed by atoms with Crippen molar-refractivity contribution in [3.05, 3.63) is 94.5 Å². The molecule has 0 atom stereocenters. The van der Waals surface area contributed by atoms with Crippen molar-refractivity contribution in [2.75, 3.05) is 62.7 Å². The fourth-order valence-corrected chi connectivity index (χ4v) is 5.52. The van der Waals surface area contributed by atoms with Gasteiger partial charge in [-0.15, -0.1) is 6.58 Å². The molecule has 2 heterocycles. The number of anilines is 4. The van der Waals surface area contributed by atoms with E-state index in [4.69, 9.17) is 24.4 Å². The molecule has 0 unspecified atom stereocenters. The second-order valence-corrected chi connectivity index (χ2v) is 11.7. The summed E-state index contributed by atoms with van der Waals surface area (Å²) in [6, 6.07) is 25.1. The zero-order valence-electron chi connectivity index (χ0n) is 26.6. The topological polar surface area (TPSA) is 62.1 Å². The number of benzene rings is 4. The SMILES string of the molecule is C=CCC.CNc1ccc2c(=S)c3ccc(N(C)C)cc3[nH]c2c1.CNc1ccc2c(=S)c3ccc(N(C)C)cc3[nH]c2c1. The zero-order valence-corrected chi connectivity index (χ0v) is 28.3. The van der Waals surface area contributed by atoms with E-state index in [1.807, 2.05) is 60.5 Å². The molecule has 0 aliphatic rings. The number of nitrogens with one attached hydrogen (secondary N) is 4. The fourth-order valence-electron chi connectivity index (χ4n) is 4.81. The summed E-state index contributed by atoms with van der Waals surface area (Å²) in [5.41, 5.74) is 8.73. The summed E-state index contributed by atoms with van der Waals surface area (Å²) in [6.45, 7) is 5.54. The van der Waals surface area contributed by atoms with Crippen LogP contribution in [0.3, 0.4) is 0 Å². The van der Waals surface area contributed by atoms with Crippen LogP contribution >= 0.6 is 24.4 Å². The first-order valence-corrected chi connectivity index (χ1v) is 15.4. The van der Waals surface area contributed by atoms with Gasteiger partial charge in [-0.1, -0.05) is 37.4 Å². The van der Waals surface area contributed by atoms with Crippen LogP contribution in [-0.4, -0.2) is 52.3 Å². The van der Waals surface area contributed by atoms with Gasteiger partial charge in [0, 0.05) is 109 Å². The van der Waals surface area contributed by atoms with Gasteiger partial charge in [0.2, 0.25) is 0 Å². The van der Waals surface area contributed by atoms with Gasteiger partial charge < -0.3 is 30.4 Å². The Hall–Kier alpha value is -4.40. The number of rotatable bonds is 5. The molecular weight excluding hydrogens is 581 g/mol. The number of aromatic nitrogens is 2. The molecule has 0 bridgehead atoms. The van der Waals surface area contributed by atoms with Crippen LogP contribution in [0.4, 0.5) is 22.7 Å². The van der Waals surface area contributed by atoms with Gasteiger partial charge in [-0.2, -0.15) is 0 Å². The molecule has 0 spiro atoms. The predicted octanol–water partition coefficient (Wildman–Crippen LogP) is 9.90. The van der Waals surface area contributed by atoms with Gasteiger partial charge >= 0.3 is 0 Å². The molecule has 6 nitrogen and oxygen atoms in total. The summed E-state index contributed by atoms with van der Waals surface area (Å²) in [4.78, 5) is 11.1. The van der Waals surface area contributed by atoms with Crippen molar-refractivity contribution in [3.63, 3.8) is 0 Å². The van der Waals surface area contributed by atoms with Crippen molar-refractivity contribution in [3.8, 4) is 0 Å². The van der Waals surface area contributed by atoms with Crippen LogP contribution in [0, 0.1) is 9.02 Å². The summed E-state index contributed by atoms with van der Waals surface area (Å²) < 4.78 is 1.81. The lowest BCUT2D eigenvalue weighted by molar-refractivity contribution is 1.13. The predicted molar refractivity (Wildman–Crippen MR) is 202 cm³/mol. The summed E-state index contributed by atoms with van der Waals surface area (Å²) in [7, 11) is 12.0. The summed E-state index contributed by atoms with van der Waals surface area (Å²) in [5.74, 6) is 0. The molecule has 6 aromatic rings. The maximum Gasteiger partial charge on any atom is 0.0563 e. The zero-order chi connectivity index (χ0) is 32.0. The molecule has 44 heavy (non-hydrogen) atoms. The second kappa shape index (κ2) is 14.4. The molecule has 0 amide bonds. The minimum absolute atomic E-state index is 0.904. The molecule has 8 heteroatoms. The third-order valence-corrected chi connectivity index (χ3v) is 8.34. The average Bonchev–Trinajstić information content (AvgIpc) is 3.04. The van der Waals surface area contributed by atoms with Crippen LogP contribution < -0.4 is 20.4 Å². The van der Waals surface area contributed by atoms with E-state index < -0.39 is 0 Å². The van der Waals surface area contributed by atoms with Crippen LogP contribution in [0.1, 0.15) is 13.3 Å². The second-order valence-electron chi connectivity index (χ2n) is 10.9. The molecule has 2 aromatic heterocycles. The minimum Gasteiger partial charge on any atom is -0.388 e. The molecule has 4 aromatic carbocycles. The largest absolute Gasteiger partial charge is 0.388 e. The van der Waals surface area contributed by atoms with Crippen LogP contribution in [0.25, 0.3) is 43.6 Å². The summed E-state index contributed by atoms with van der Waals surface area (Å²) >= 11 is 11.3. The first-order valence-electron chi connectivity index (χ1n) is 14.6. The third kappa shape index (κ3) is 7.04. The molecule has 0 saturated heterocycles. The van der Waals surface area contributed by atoms with Crippen LogP contribution in [0.5, 0.6) is 0 Å². The first kappa shape index (κ1) is 32.5. The van der Waals surface area contributed by atoms with Crippen molar-refractivity contribution in [2.24, 2.45) is 0 Å². The number of hydrogen-bond donors (Lipinski definition) is 4.